The zero-order chi connectivity index (χ0) is 11.7. The second kappa shape index (κ2) is 4.23. The lowest BCUT2D eigenvalue weighted by Gasteiger charge is -2.05. The number of fused-ring (bicyclic) bond motifs is 1. The van der Waals surface area contributed by atoms with Gasteiger partial charge < -0.3 is 9.84 Å². The SMILES string of the molecule is COCCn1c(=O)cc(O)c2sc(C)nc21. The Morgan fingerprint density at radius 2 is 2.38 bits per heavy atom. The summed E-state index contributed by atoms with van der Waals surface area (Å²) in [7, 11) is 1.58. The van der Waals surface area contributed by atoms with Crippen molar-refractivity contribution in [2.75, 3.05) is 13.7 Å². The maximum Gasteiger partial charge on any atom is 0.256 e. The van der Waals surface area contributed by atoms with Gasteiger partial charge in [-0.2, -0.15) is 0 Å². The highest BCUT2D eigenvalue weighted by Gasteiger charge is 2.12. The minimum atomic E-state index is -0.257. The molecule has 0 aliphatic rings. The van der Waals surface area contributed by atoms with Crippen molar-refractivity contribution in [3.8, 4) is 5.75 Å². The Kier molecular flexibility index (Phi) is 2.93. The second-order valence-electron chi connectivity index (χ2n) is 3.40. The van der Waals surface area contributed by atoms with Crippen LogP contribution in [0.25, 0.3) is 10.3 Å². The van der Waals surface area contributed by atoms with Gasteiger partial charge in [-0.15, -0.1) is 11.3 Å². The summed E-state index contributed by atoms with van der Waals surface area (Å²) in [5.41, 5.74) is 0.275. The van der Waals surface area contributed by atoms with Gasteiger partial charge in [-0.1, -0.05) is 0 Å². The number of hydrogen-bond donors (Lipinski definition) is 1. The fourth-order valence-electron chi connectivity index (χ4n) is 1.53. The molecule has 0 spiro atoms. The lowest BCUT2D eigenvalue weighted by molar-refractivity contribution is 0.187. The third kappa shape index (κ3) is 1.81. The van der Waals surface area contributed by atoms with Crippen molar-refractivity contribution >= 4 is 21.7 Å². The fourth-order valence-corrected chi connectivity index (χ4v) is 2.37. The first kappa shape index (κ1) is 11.1. The summed E-state index contributed by atoms with van der Waals surface area (Å²) in [6.07, 6.45) is 0. The summed E-state index contributed by atoms with van der Waals surface area (Å²) in [5, 5.41) is 10.5. The van der Waals surface area contributed by atoms with Gasteiger partial charge in [-0.3, -0.25) is 9.36 Å². The number of aryl methyl sites for hydroxylation is 1. The van der Waals surface area contributed by atoms with Gasteiger partial charge in [0, 0.05) is 13.2 Å². The summed E-state index contributed by atoms with van der Waals surface area (Å²) in [5.74, 6) is -0.000679. The third-order valence-corrected chi connectivity index (χ3v) is 3.23. The number of ether oxygens (including phenoxy) is 1. The molecule has 0 aliphatic heterocycles. The summed E-state index contributed by atoms with van der Waals surface area (Å²) < 4.78 is 7.10. The molecule has 0 bridgehead atoms. The molecule has 2 aromatic heterocycles. The van der Waals surface area contributed by atoms with E-state index < -0.39 is 0 Å². The minimum Gasteiger partial charge on any atom is -0.506 e. The number of methoxy groups -OCH3 is 1. The molecule has 0 atom stereocenters. The van der Waals surface area contributed by atoms with Crippen LogP contribution in [0.1, 0.15) is 5.01 Å². The van der Waals surface area contributed by atoms with E-state index in [0.29, 0.717) is 23.5 Å². The Morgan fingerprint density at radius 3 is 3.06 bits per heavy atom. The molecule has 6 heteroatoms. The zero-order valence-electron chi connectivity index (χ0n) is 9.06. The maximum atomic E-state index is 11.7. The van der Waals surface area contributed by atoms with E-state index in [1.54, 1.807) is 7.11 Å². The maximum absolute atomic E-state index is 11.7. The fraction of sp³-hybridized carbons (Fsp3) is 0.400. The highest BCUT2D eigenvalue weighted by atomic mass is 32.1. The predicted molar refractivity (Wildman–Crippen MR) is 62.2 cm³/mol. The van der Waals surface area contributed by atoms with E-state index in [-0.39, 0.29) is 11.3 Å². The van der Waals surface area contributed by atoms with E-state index in [4.69, 9.17) is 4.74 Å². The molecule has 0 fully saturated rings. The van der Waals surface area contributed by atoms with Crippen LogP contribution in [0.3, 0.4) is 0 Å². The summed E-state index contributed by atoms with van der Waals surface area (Å²) >= 11 is 1.37. The van der Waals surface area contributed by atoms with Gasteiger partial charge in [0.1, 0.15) is 10.4 Å². The number of thiazole rings is 1. The molecule has 2 heterocycles. The molecule has 0 amide bonds. The summed E-state index contributed by atoms with van der Waals surface area (Å²) in [4.78, 5) is 15.9. The highest BCUT2D eigenvalue weighted by Crippen LogP contribution is 2.28. The van der Waals surface area contributed by atoms with Crippen LogP contribution in [0.5, 0.6) is 5.75 Å². The Hall–Kier alpha value is -1.40. The largest absolute Gasteiger partial charge is 0.506 e. The van der Waals surface area contributed by atoms with Crippen molar-refractivity contribution in [1.29, 1.82) is 0 Å². The first-order chi connectivity index (χ1) is 7.63. The van der Waals surface area contributed by atoms with Gasteiger partial charge in [-0.25, -0.2) is 4.98 Å². The average Bonchev–Trinajstić information content (AvgIpc) is 2.60. The molecule has 5 nitrogen and oxygen atoms in total. The molecule has 2 rings (SSSR count). The topological polar surface area (TPSA) is 64.3 Å². The molecular formula is C10H12N2O3S. The average molecular weight is 240 g/mol. The van der Waals surface area contributed by atoms with Crippen molar-refractivity contribution in [1.82, 2.24) is 9.55 Å². The van der Waals surface area contributed by atoms with Crippen molar-refractivity contribution in [3.05, 3.63) is 21.4 Å². The van der Waals surface area contributed by atoms with Crippen molar-refractivity contribution in [2.45, 2.75) is 13.5 Å². The molecule has 2 aromatic rings. The second-order valence-corrected chi connectivity index (χ2v) is 4.60. The Balaban J connectivity index is 2.66. The smallest absolute Gasteiger partial charge is 0.256 e. The van der Waals surface area contributed by atoms with Crippen molar-refractivity contribution < 1.29 is 9.84 Å². The molecule has 0 aromatic carbocycles. The number of nitrogens with zero attached hydrogens (tertiary/aromatic N) is 2. The van der Waals surface area contributed by atoms with Gasteiger partial charge in [-0.05, 0) is 6.92 Å². The monoisotopic (exact) mass is 240 g/mol. The molecule has 0 radical (unpaired) electrons. The molecule has 0 aliphatic carbocycles. The lowest BCUT2D eigenvalue weighted by atomic mass is 10.4. The van der Waals surface area contributed by atoms with E-state index in [1.165, 1.54) is 22.0 Å². The van der Waals surface area contributed by atoms with Crippen LogP contribution in [0.4, 0.5) is 0 Å². The molecule has 1 N–H and O–H groups in total. The van der Waals surface area contributed by atoms with Gasteiger partial charge in [0.15, 0.2) is 5.65 Å². The Bertz CT molecular complexity index is 573. The standard InChI is InChI=1S/C10H12N2O3S/c1-6-11-10-9(16-6)7(13)5-8(14)12(10)3-4-15-2/h5,13H,3-4H2,1-2H3. The van der Waals surface area contributed by atoms with E-state index in [2.05, 4.69) is 4.98 Å². The molecule has 0 unspecified atom stereocenters. The van der Waals surface area contributed by atoms with Crippen LogP contribution in [0.15, 0.2) is 10.9 Å². The minimum absolute atomic E-state index is 0.000679. The van der Waals surface area contributed by atoms with Gasteiger partial charge in [0.25, 0.3) is 5.56 Å². The first-order valence-corrected chi connectivity index (χ1v) is 5.64. The van der Waals surface area contributed by atoms with Crippen LogP contribution in [-0.4, -0.2) is 28.4 Å². The van der Waals surface area contributed by atoms with E-state index in [9.17, 15) is 9.90 Å². The van der Waals surface area contributed by atoms with Crippen LogP contribution in [0.2, 0.25) is 0 Å². The molecule has 0 saturated heterocycles. The van der Waals surface area contributed by atoms with E-state index >= 15 is 0 Å². The molecule has 0 saturated carbocycles. The highest BCUT2D eigenvalue weighted by molar-refractivity contribution is 7.18. The van der Waals surface area contributed by atoms with Crippen LogP contribution >= 0.6 is 11.3 Å². The number of aromatic hydroxyl groups is 1. The first-order valence-electron chi connectivity index (χ1n) is 4.82. The lowest BCUT2D eigenvalue weighted by Crippen LogP contribution is -2.21. The third-order valence-electron chi connectivity index (χ3n) is 2.25. The quantitative estimate of drug-likeness (QED) is 0.873. The predicted octanol–water partition coefficient (Wildman–Crippen LogP) is 1.12. The summed E-state index contributed by atoms with van der Waals surface area (Å²) in [6.45, 7) is 2.72. The van der Waals surface area contributed by atoms with Crippen LogP contribution in [-0.2, 0) is 11.3 Å². The van der Waals surface area contributed by atoms with Gasteiger partial charge in [0.05, 0.1) is 18.2 Å². The van der Waals surface area contributed by atoms with Crippen LogP contribution in [0, 0.1) is 6.92 Å². The van der Waals surface area contributed by atoms with Gasteiger partial charge >= 0.3 is 0 Å². The zero-order valence-corrected chi connectivity index (χ0v) is 9.87. The summed E-state index contributed by atoms with van der Waals surface area (Å²) in [6, 6.07) is 1.22. The number of rotatable bonds is 3. The van der Waals surface area contributed by atoms with Crippen LogP contribution < -0.4 is 5.56 Å². The number of pyridine rings is 1. The normalized spacial score (nSPS) is 11.1. The molecule has 86 valence electrons. The number of aromatic nitrogens is 2. The van der Waals surface area contributed by atoms with E-state index in [1.807, 2.05) is 6.92 Å². The Morgan fingerprint density at radius 1 is 1.62 bits per heavy atom. The van der Waals surface area contributed by atoms with E-state index in [0.717, 1.165) is 5.01 Å². The number of hydrogen-bond acceptors (Lipinski definition) is 5. The Labute approximate surface area is 95.9 Å². The van der Waals surface area contributed by atoms with Crippen molar-refractivity contribution in [2.24, 2.45) is 0 Å². The molecular weight excluding hydrogens is 228 g/mol. The van der Waals surface area contributed by atoms with Crippen molar-refractivity contribution in [3.63, 3.8) is 0 Å². The molecule has 16 heavy (non-hydrogen) atoms. The van der Waals surface area contributed by atoms with Gasteiger partial charge in [0.2, 0.25) is 0 Å².